The quantitative estimate of drug-likeness (QED) is 0.753. The van der Waals surface area contributed by atoms with Crippen molar-refractivity contribution in [3.8, 4) is 5.75 Å². The molecule has 2 rings (SSSR count). The van der Waals surface area contributed by atoms with Gasteiger partial charge in [0.15, 0.2) is 0 Å². The lowest BCUT2D eigenvalue weighted by atomic mass is 10.3. The Balaban J connectivity index is 1.95. The average molecular weight is 352 g/mol. The first-order valence-corrected chi connectivity index (χ1v) is 8.96. The summed E-state index contributed by atoms with van der Waals surface area (Å²) in [6.07, 6.45) is 1.50. The normalized spacial score (nSPS) is 12.6. The molecular formula is C16H20N2O5S. The number of hydrogen-bond donors (Lipinski definition) is 2. The molecule has 0 saturated heterocycles. The second-order valence-electron chi connectivity index (χ2n) is 5.04. The highest BCUT2D eigenvalue weighted by molar-refractivity contribution is 7.89. The zero-order valence-electron chi connectivity index (χ0n) is 13.5. The highest BCUT2D eigenvalue weighted by Gasteiger charge is 2.22. The topological polar surface area (TPSA) is 97.6 Å². The van der Waals surface area contributed by atoms with E-state index in [1.54, 1.807) is 24.3 Å². The molecule has 0 radical (unpaired) electrons. The van der Waals surface area contributed by atoms with Crippen LogP contribution < -0.4 is 14.8 Å². The van der Waals surface area contributed by atoms with Crippen LogP contribution >= 0.6 is 0 Å². The fourth-order valence-corrected chi connectivity index (χ4v) is 3.18. The SMILES string of the molecule is CCOc1ccc(S(=O)(=O)N[C@H](C)C(=O)NCc2ccco2)cc1. The van der Waals surface area contributed by atoms with Gasteiger partial charge in [0, 0.05) is 0 Å². The molecule has 0 aliphatic heterocycles. The van der Waals surface area contributed by atoms with Gasteiger partial charge in [-0.15, -0.1) is 0 Å². The highest BCUT2D eigenvalue weighted by atomic mass is 32.2. The lowest BCUT2D eigenvalue weighted by molar-refractivity contribution is -0.122. The molecule has 130 valence electrons. The van der Waals surface area contributed by atoms with Crippen molar-refractivity contribution in [3.63, 3.8) is 0 Å². The van der Waals surface area contributed by atoms with E-state index in [0.29, 0.717) is 18.1 Å². The van der Waals surface area contributed by atoms with Crippen molar-refractivity contribution in [2.24, 2.45) is 0 Å². The number of hydrogen-bond acceptors (Lipinski definition) is 5. The molecule has 7 nitrogen and oxygen atoms in total. The lowest BCUT2D eigenvalue weighted by Gasteiger charge is -2.14. The summed E-state index contributed by atoms with van der Waals surface area (Å²) < 4.78 is 37.3. The number of sulfonamides is 1. The van der Waals surface area contributed by atoms with Crippen molar-refractivity contribution in [2.75, 3.05) is 6.61 Å². The summed E-state index contributed by atoms with van der Waals surface area (Å²) in [5.41, 5.74) is 0. The van der Waals surface area contributed by atoms with E-state index in [2.05, 4.69) is 10.0 Å². The van der Waals surface area contributed by atoms with Gasteiger partial charge in [-0.2, -0.15) is 4.72 Å². The van der Waals surface area contributed by atoms with Crippen LogP contribution in [0.4, 0.5) is 0 Å². The summed E-state index contributed by atoms with van der Waals surface area (Å²) in [4.78, 5) is 12.1. The maximum atomic E-state index is 12.3. The summed E-state index contributed by atoms with van der Waals surface area (Å²) in [6.45, 7) is 4.01. The Kier molecular flexibility index (Phi) is 5.99. The highest BCUT2D eigenvalue weighted by Crippen LogP contribution is 2.16. The average Bonchev–Trinajstić information content (AvgIpc) is 3.06. The first-order valence-electron chi connectivity index (χ1n) is 7.47. The van der Waals surface area contributed by atoms with Crippen molar-refractivity contribution in [3.05, 3.63) is 48.4 Å². The van der Waals surface area contributed by atoms with Crippen molar-refractivity contribution in [1.29, 1.82) is 0 Å². The maximum absolute atomic E-state index is 12.3. The molecule has 8 heteroatoms. The molecule has 0 aliphatic carbocycles. The summed E-state index contributed by atoms with van der Waals surface area (Å²) in [7, 11) is -3.80. The van der Waals surface area contributed by atoms with E-state index in [1.807, 2.05) is 6.92 Å². The minimum absolute atomic E-state index is 0.0663. The van der Waals surface area contributed by atoms with Crippen LogP contribution in [0.1, 0.15) is 19.6 Å². The molecule has 1 atom stereocenters. The monoisotopic (exact) mass is 352 g/mol. The van der Waals surface area contributed by atoms with Crippen LogP contribution in [0, 0.1) is 0 Å². The first-order chi connectivity index (χ1) is 11.4. The smallest absolute Gasteiger partial charge is 0.241 e. The van der Waals surface area contributed by atoms with Gasteiger partial charge in [0.05, 0.1) is 30.4 Å². The van der Waals surface area contributed by atoms with Gasteiger partial charge in [-0.3, -0.25) is 4.79 Å². The predicted molar refractivity (Wildman–Crippen MR) is 87.9 cm³/mol. The molecule has 1 amide bonds. The minimum atomic E-state index is -3.80. The Bertz CT molecular complexity index is 754. The van der Waals surface area contributed by atoms with Crippen molar-refractivity contribution in [2.45, 2.75) is 31.3 Å². The molecule has 0 unspecified atom stereocenters. The number of nitrogens with one attached hydrogen (secondary N) is 2. The van der Waals surface area contributed by atoms with Crippen LogP contribution in [0.15, 0.2) is 52.0 Å². The molecule has 0 bridgehead atoms. The Labute approximate surface area is 141 Å². The van der Waals surface area contributed by atoms with Crippen LogP contribution in [-0.2, 0) is 21.4 Å². The molecule has 0 saturated carbocycles. The zero-order valence-corrected chi connectivity index (χ0v) is 14.3. The number of carbonyl (C=O) groups excluding carboxylic acids is 1. The van der Waals surface area contributed by atoms with Gasteiger partial charge in [0.1, 0.15) is 11.5 Å². The van der Waals surface area contributed by atoms with E-state index in [9.17, 15) is 13.2 Å². The Hall–Kier alpha value is -2.32. The number of furan rings is 1. The Morgan fingerprint density at radius 1 is 1.25 bits per heavy atom. The molecule has 1 heterocycles. The number of amides is 1. The van der Waals surface area contributed by atoms with Crippen molar-refractivity contribution < 1.29 is 22.4 Å². The van der Waals surface area contributed by atoms with Crippen LogP contribution in [0.5, 0.6) is 5.75 Å². The zero-order chi connectivity index (χ0) is 17.6. The second-order valence-corrected chi connectivity index (χ2v) is 6.76. The van der Waals surface area contributed by atoms with Gasteiger partial charge in [-0.1, -0.05) is 0 Å². The third-order valence-corrected chi connectivity index (χ3v) is 4.74. The molecule has 1 aromatic heterocycles. The molecule has 0 spiro atoms. The molecule has 0 aliphatic rings. The van der Waals surface area contributed by atoms with Crippen LogP contribution in [-0.4, -0.2) is 27.0 Å². The van der Waals surface area contributed by atoms with E-state index in [4.69, 9.17) is 9.15 Å². The fourth-order valence-electron chi connectivity index (χ4n) is 1.98. The van der Waals surface area contributed by atoms with Gasteiger partial charge in [0.2, 0.25) is 15.9 Å². The molecule has 24 heavy (non-hydrogen) atoms. The molecule has 2 N–H and O–H groups in total. The molecule has 2 aromatic rings. The first kappa shape index (κ1) is 18.0. The molecule has 0 fully saturated rings. The van der Waals surface area contributed by atoms with E-state index < -0.39 is 22.0 Å². The van der Waals surface area contributed by atoms with Crippen LogP contribution in [0.25, 0.3) is 0 Å². The summed E-state index contributed by atoms with van der Waals surface area (Å²) in [5.74, 6) is 0.728. The van der Waals surface area contributed by atoms with Crippen LogP contribution in [0.2, 0.25) is 0 Å². The lowest BCUT2D eigenvalue weighted by Crippen LogP contribution is -2.44. The number of carbonyl (C=O) groups is 1. The third-order valence-electron chi connectivity index (χ3n) is 3.19. The summed E-state index contributed by atoms with van der Waals surface area (Å²) in [6, 6.07) is 8.51. The summed E-state index contributed by atoms with van der Waals surface area (Å²) in [5, 5.41) is 2.61. The standard InChI is InChI=1S/C16H20N2O5S/c1-3-22-13-6-8-15(9-7-13)24(20,21)18-12(2)16(19)17-11-14-5-4-10-23-14/h4-10,12,18H,3,11H2,1-2H3,(H,17,19)/t12-/m1/s1. The second kappa shape index (κ2) is 7.98. The van der Waals surface area contributed by atoms with Crippen molar-refractivity contribution >= 4 is 15.9 Å². The van der Waals surface area contributed by atoms with E-state index in [-0.39, 0.29) is 11.4 Å². The van der Waals surface area contributed by atoms with Gasteiger partial charge >= 0.3 is 0 Å². The van der Waals surface area contributed by atoms with Gasteiger partial charge in [0.25, 0.3) is 0 Å². The largest absolute Gasteiger partial charge is 0.494 e. The van der Waals surface area contributed by atoms with E-state index >= 15 is 0 Å². The number of ether oxygens (including phenoxy) is 1. The molecular weight excluding hydrogens is 332 g/mol. The summed E-state index contributed by atoms with van der Waals surface area (Å²) >= 11 is 0. The Morgan fingerprint density at radius 2 is 1.96 bits per heavy atom. The predicted octanol–water partition coefficient (Wildman–Crippen LogP) is 1.66. The van der Waals surface area contributed by atoms with Gasteiger partial charge in [-0.05, 0) is 50.2 Å². The van der Waals surface area contributed by atoms with E-state index in [0.717, 1.165) is 0 Å². The maximum Gasteiger partial charge on any atom is 0.241 e. The number of rotatable bonds is 8. The van der Waals surface area contributed by atoms with Gasteiger partial charge < -0.3 is 14.5 Å². The minimum Gasteiger partial charge on any atom is -0.494 e. The van der Waals surface area contributed by atoms with Crippen LogP contribution in [0.3, 0.4) is 0 Å². The van der Waals surface area contributed by atoms with Gasteiger partial charge in [-0.25, -0.2) is 8.42 Å². The fraction of sp³-hybridized carbons (Fsp3) is 0.312. The van der Waals surface area contributed by atoms with Crippen molar-refractivity contribution in [1.82, 2.24) is 10.0 Å². The van der Waals surface area contributed by atoms with E-state index in [1.165, 1.54) is 25.3 Å². The Morgan fingerprint density at radius 3 is 2.54 bits per heavy atom. The number of benzene rings is 1. The molecule has 1 aromatic carbocycles. The third kappa shape index (κ3) is 4.84.